The Labute approximate surface area is 82.2 Å². The van der Waals surface area contributed by atoms with Crippen molar-refractivity contribution >= 4 is 17.4 Å². The molecule has 2 amide bonds. The van der Waals surface area contributed by atoms with E-state index in [9.17, 15) is 4.79 Å². The van der Waals surface area contributed by atoms with E-state index < -0.39 is 0 Å². The Morgan fingerprint density at radius 1 is 1.62 bits per heavy atom. The lowest BCUT2D eigenvalue weighted by atomic mass is 10.4. The molecule has 1 aromatic rings. The van der Waals surface area contributed by atoms with Crippen LogP contribution in [0, 0.1) is 0 Å². The van der Waals surface area contributed by atoms with E-state index in [2.05, 4.69) is 10.6 Å². The van der Waals surface area contributed by atoms with Crippen LogP contribution in [0.2, 0.25) is 0 Å². The van der Waals surface area contributed by atoms with Gasteiger partial charge in [0.15, 0.2) is 0 Å². The summed E-state index contributed by atoms with van der Waals surface area (Å²) in [5, 5.41) is 7.53. The molecule has 0 radical (unpaired) electrons. The van der Waals surface area contributed by atoms with Crippen molar-refractivity contribution in [3.63, 3.8) is 0 Å². The van der Waals surface area contributed by atoms with Gasteiger partial charge >= 0.3 is 6.03 Å². The minimum atomic E-state index is -0.108. The average Bonchev–Trinajstić information content (AvgIpc) is 2.51. The number of rotatable bonds is 3. The maximum atomic E-state index is 11.1. The van der Waals surface area contributed by atoms with Gasteiger partial charge in [0.2, 0.25) is 0 Å². The van der Waals surface area contributed by atoms with E-state index in [1.54, 1.807) is 11.3 Å². The molecule has 0 saturated heterocycles. The Bertz CT molecular complexity index is 257. The molecular weight excluding hydrogens is 184 g/mol. The van der Waals surface area contributed by atoms with Crippen molar-refractivity contribution in [1.29, 1.82) is 0 Å². The van der Waals surface area contributed by atoms with Crippen LogP contribution in [0.25, 0.3) is 0 Å². The van der Waals surface area contributed by atoms with Crippen molar-refractivity contribution < 1.29 is 4.79 Å². The zero-order valence-corrected chi connectivity index (χ0v) is 8.65. The molecule has 13 heavy (non-hydrogen) atoms. The molecule has 0 atom stereocenters. The predicted molar refractivity (Wildman–Crippen MR) is 54.8 cm³/mol. The standard InChI is InChI=1S/C9H14N2OS/c1-7(2)11-9(12)10-6-8-4-3-5-13-8/h3-5,7H,6H2,1-2H3,(H2,10,11,12). The van der Waals surface area contributed by atoms with Gasteiger partial charge in [-0.1, -0.05) is 6.07 Å². The number of urea groups is 1. The third-order valence-corrected chi connectivity index (χ3v) is 2.30. The van der Waals surface area contributed by atoms with Crippen molar-refractivity contribution in [3.8, 4) is 0 Å². The number of carbonyl (C=O) groups excluding carboxylic acids is 1. The van der Waals surface area contributed by atoms with E-state index in [-0.39, 0.29) is 12.1 Å². The van der Waals surface area contributed by atoms with Gasteiger partial charge in [0.05, 0.1) is 6.54 Å². The Hall–Kier alpha value is -1.03. The molecule has 3 nitrogen and oxygen atoms in total. The Morgan fingerprint density at radius 3 is 2.92 bits per heavy atom. The first-order valence-electron chi connectivity index (χ1n) is 4.25. The van der Waals surface area contributed by atoms with Crippen molar-refractivity contribution in [3.05, 3.63) is 22.4 Å². The van der Waals surface area contributed by atoms with E-state index in [0.717, 1.165) is 0 Å². The Morgan fingerprint density at radius 2 is 2.38 bits per heavy atom. The summed E-state index contributed by atoms with van der Waals surface area (Å²) in [6.07, 6.45) is 0. The number of thiophene rings is 1. The first kappa shape index (κ1) is 10.1. The third-order valence-electron chi connectivity index (χ3n) is 1.42. The maximum Gasteiger partial charge on any atom is 0.315 e. The van der Waals surface area contributed by atoms with Crippen molar-refractivity contribution in [1.82, 2.24) is 10.6 Å². The summed E-state index contributed by atoms with van der Waals surface area (Å²) in [4.78, 5) is 12.3. The number of nitrogens with one attached hydrogen (secondary N) is 2. The molecule has 0 aliphatic heterocycles. The molecule has 0 fully saturated rings. The summed E-state index contributed by atoms with van der Waals surface area (Å²) in [5.41, 5.74) is 0. The fourth-order valence-electron chi connectivity index (χ4n) is 0.894. The lowest BCUT2D eigenvalue weighted by Crippen LogP contribution is -2.38. The van der Waals surface area contributed by atoms with Crippen molar-refractivity contribution in [2.45, 2.75) is 26.4 Å². The van der Waals surface area contributed by atoms with Gasteiger partial charge in [0.1, 0.15) is 0 Å². The van der Waals surface area contributed by atoms with E-state index >= 15 is 0 Å². The first-order chi connectivity index (χ1) is 6.18. The molecule has 4 heteroatoms. The van der Waals surface area contributed by atoms with Gasteiger partial charge in [-0.25, -0.2) is 4.79 Å². The summed E-state index contributed by atoms with van der Waals surface area (Å²) in [5.74, 6) is 0. The lowest BCUT2D eigenvalue weighted by molar-refractivity contribution is 0.238. The molecule has 1 aromatic heterocycles. The fourth-order valence-corrected chi connectivity index (χ4v) is 1.54. The van der Waals surface area contributed by atoms with Gasteiger partial charge in [0, 0.05) is 10.9 Å². The third kappa shape index (κ3) is 3.94. The van der Waals surface area contributed by atoms with E-state index in [1.807, 2.05) is 31.4 Å². The van der Waals surface area contributed by atoms with Crippen molar-refractivity contribution in [2.75, 3.05) is 0 Å². The normalized spacial score (nSPS) is 10.1. The number of amides is 2. The van der Waals surface area contributed by atoms with E-state index in [4.69, 9.17) is 0 Å². The molecular formula is C9H14N2OS. The maximum absolute atomic E-state index is 11.1. The molecule has 0 aromatic carbocycles. The molecule has 0 aliphatic carbocycles. The zero-order chi connectivity index (χ0) is 9.68. The Kier molecular flexibility index (Phi) is 3.76. The molecule has 0 bridgehead atoms. The second-order valence-corrected chi connectivity index (χ2v) is 4.09. The van der Waals surface area contributed by atoms with Crippen LogP contribution in [0.1, 0.15) is 18.7 Å². The van der Waals surface area contributed by atoms with Crippen LogP contribution in [-0.4, -0.2) is 12.1 Å². The summed E-state index contributed by atoms with van der Waals surface area (Å²) >= 11 is 1.64. The fraction of sp³-hybridized carbons (Fsp3) is 0.444. The smallest absolute Gasteiger partial charge is 0.315 e. The van der Waals surface area contributed by atoms with Crippen LogP contribution in [0.5, 0.6) is 0 Å². The van der Waals surface area contributed by atoms with Gasteiger partial charge in [-0.3, -0.25) is 0 Å². The highest BCUT2D eigenvalue weighted by Gasteiger charge is 2.01. The number of hydrogen-bond acceptors (Lipinski definition) is 2. The van der Waals surface area contributed by atoms with Gasteiger partial charge in [-0.2, -0.15) is 0 Å². The summed E-state index contributed by atoms with van der Waals surface area (Å²) in [6.45, 7) is 4.48. The Balaban J connectivity index is 2.23. The van der Waals surface area contributed by atoms with Gasteiger partial charge in [-0.05, 0) is 25.3 Å². The molecule has 2 N–H and O–H groups in total. The lowest BCUT2D eigenvalue weighted by Gasteiger charge is -2.08. The molecule has 0 spiro atoms. The minimum Gasteiger partial charge on any atom is -0.336 e. The van der Waals surface area contributed by atoms with Gasteiger partial charge in [0.25, 0.3) is 0 Å². The summed E-state index contributed by atoms with van der Waals surface area (Å²) in [6, 6.07) is 4.05. The van der Waals surface area contributed by atoms with Gasteiger partial charge < -0.3 is 10.6 Å². The van der Waals surface area contributed by atoms with Gasteiger partial charge in [-0.15, -0.1) is 11.3 Å². The molecule has 0 saturated carbocycles. The largest absolute Gasteiger partial charge is 0.336 e. The van der Waals surface area contributed by atoms with Crippen LogP contribution >= 0.6 is 11.3 Å². The summed E-state index contributed by atoms with van der Waals surface area (Å²) in [7, 11) is 0. The van der Waals surface area contributed by atoms with Crippen LogP contribution in [0.15, 0.2) is 17.5 Å². The van der Waals surface area contributed by atoms with E-state index in [1.165, 1.54) is 4.88 Å². The van der Waals surface area contributed by atoms with Crippen LogP contribution in [0.3, 0.4) is 0 Å². The highest BCUT2D eigenvalue weighted by molar-refractivity contribution is 7.09. The zero-order valence-electron chi connectivity index (χ0n) is 7.83. The quantitative estimate of drug-likeness (QED) is 0.766. The molecule has 0 aliphatic rings. The average molecular weight is 198 g/mol. The van der Waals surface area contributed by atoms with Crippen LogP contribution < -0.4 is 10.6 Å². The van der Waals surface area contributed by atoms with Crippen LogP contribution in [0.4, 0.5) is 4.79 Å². The molecule has 1 heterocycles. The molecule has 0 unspecified atom stereocenters. The monoisotopic (exact) mass is 198 g/mol. The number of carbonyl (C=O) groups is 1. The second kappa shape index (κ2) is 4.87. The molecule has 72 valence electrons. The van der Waals surface area contributed by atoms with Crippen molar-refractivity contribution in [2.24, 2.45) is 0 Å². The second-order valence-electron chi connectivity index (χ2n) is 3.06. The highest BCUT2D eigenvalue weighted by Crippen LogP contribution is 2.06. The first-order valence-corrected chi connectivity index (χ1v) is 5.13. The topological polar surface area (TPSA) is 41.1 Å². The predicted octanol–water partition coefficient (Wildman–Crippen LogP) is 1.96. The highest BCUT2D eigenvalue weighted by atomic mass is 32.1. The van der Waals surface area contributed by atoms with Crippen LogP contribution in [-0.2, 0) is 6.54 Å². The molecule has 1 rings (SSSR count). The minimum absolute atomic E-state index is 0.108. The SMILES string of the molecule is CC(C)NC(=O)NCc1cccs1. The summed E-state index contributed by atoms with van der Waals surface area (Å²) < 4.78 is 0. The van der Waals surface area contributed by atoms with E-state index in [0.29, 0.717) is 6.54 Å². The number of hydrogen-bond donors (Lipinski definition) is 2.